The summed E-state index contributed by atoms with van der Waals surface area (Å²) in [6.07, 6.45) is 5.48. The normalized spacial score (nSPS) is 18.0. The molecule has 24 heavy (non-hydrogen) atoms. The van der Waals surface area contributed by atoms with E-state index in [1.54, 1.807) is 6.20 Å². The first-order chi connectivity index (χ1) is 11.4. The molecule has 2 heterocycles. The van der Waals surface area contributed by atoms with E-state index in [4.69, 9.17) is 4.74 Å². The molecule has 0 saturated carbocycles. The summed E-state index contributed by atoms with van der Waals surface area (Å²) in [7, 11) is 0. The average molecular weight is 327 g/mol. The number of rotatable bonds is 3. The molecule has 1 aliphatic rings. The Labute approximate surface area is 143 Å². The first-order valence-corrected chi connectivity index (χ1v) is 8.50. The third-order valence-corrected chi connectivity index (χ3v) is 4.19. The van der Waals surface area contributed by atoms with Crippen molar-refractivity contribution in [2.24, 2.45) is 0 Å². The Balaban J connectivity index is 1.63. The van der Waals surface area contributed by atoms with Gasteiger partial charge >= 0.3 is 6.09 Å². The third-order valence-electron chi connectivity index (χ3n) is 4.19. The molecule has 0 radical (unpaired) electrons. The van der Waals surface area contributed by atoms with Crippen molar-refractivity contribution < 1.29 is 9.53 Å². The molecule has 2 aromatic rings. The number of hydrogen-bond donors (Lipinski definition) is 1. The molecule has 1 atom stereocenters. The fourth-order valence-electron chi connectivity index (χ4n) is 3.04. The van der Waals surface area contributed by atoms with Crippen LogP contribution in [0.1, 0.15) is 33.6 Å². The molecule has 5 nitrogen and oxygen atoms in total. The minimum Gasteiger partial charge on any atom is -0.444 e. The van der Waals surface area contributed by atoms with Gasteiger partial charge in [0, 0.05) is 36.6 Å². The summed E-state index contributed by atoms with van der Waals surface area (Å²) in [5, 5.41) is 5.74. The quantitative estimate of drug-likeness (QED) is 0.924. The number of carbonyl (C=O) groups excluding carboxylic acids is 1. The zero-order valence-electron chi connectivity index (χ0n) is 14.6. The summed E-state index contributed by atoms with van der Waals surface area (Å²) in [6, 6.07) is 8.40. The summed E-state index contributed by atoms with van der Waals surface area (Å²) in [6.45, 7) is 7.20. The number of anilines is 1. The molecule has 1 fully saturated rings. The molecule has 1 aromatic heterocycles. The maximum Gasteiger partial charge on any atom is 0.410 e. The van der Waals surface area contributed by atoms with Crippen molar-refractivity contribution in [3.8, 4) is 0 Å². The van der Waals surface area contributed by atoms with Crippen LogP contribution in [0.3, 0.4) is 0 Å². The number of carbonyl (C=O) groups is 1. The second-order valence-electron chi connectivity index (χ2n) is 7.29. The van der Waals surface area contributed by atoms with Crippen LogP contribution in [-0.2, 0) is 4.74 Å². The van der Waals surface area contributed by atoms with Gasteiger partial charge < -0.3 is 15.0 Å². The highest BCUT2D eigenvalue weighted by Crippen LogP contribution is 2.23. The molecule has 128 valence electrons. The summed E-state index contributed by atoms with van der Waals surface area (Å²) in [4.78, 5) is 18.3. The molecule has 1 aromatic carbocycles. The van der Waals surface area contributed by atoms with Crippen LogP contribution in [0.4, 0.5) is 10.5 Å². The van der Waals surface area contributed by atoms with E-state index in [0.717, 1.165) is 42.4 Å². The number of hydrogen-bond acceptors (Lipinski definition) is 4. The highest BCUT2D eigenvalue weighted by molar-refractivity contribution is 5.84. The molecule has 1 N–H and O–H groups in total. The molecule has 0 bridgehead atoms. The Hall–Kier alpha value is -2.30. The Morgan fingerprint density at radius 3 is 2.96 bits per heavy atom. The molecular weight excluding hydrogens is 302 g/mol. The minimum absolute atomic E-state index is 0.174. The van der Waals surface area contributed by atoms with E-state index in [2.05, 4.69) is 28.5 Å². The van der Waals surface area contributed by atoms with Crippen molar-refractivity contribution in [3.05, 3.63) is 36.7 Å². The van der Waals surface area contributed by atoms with Gasteiger partial charge in [-0.15, -0.1) is 0 Å². The number of ether oxygens (including phenoxy) is 1. The largest absolute Gasteiger partial charge is 0.444 e. The van der Waals surface area contributed by atoms with Gasteiger partial charge in [-0.05, 0) is 57.2 Å². The standard InChI is InChI=1S/C19H25N3O2/c1-19(2,3)24-18(23)22-10-4-5-17(22)13-21-16-7-6-15-12-20-9-8-14(15)11-16/h6-9,11-12,17,21H,4-5,10,13H2,1-3H3. The van der Waals surface area contributed by atoms with Crippen molar-refractivity contribution in [2.75, 3.05) is 18.4 Å². The Morgan fingerprint density at radius 1 is 1.33 bits per heavy atom. The lowest BCUT2D eigenvalue weighted by Crippen LogP contribution is -2.42. The number of benzene rings is 1. The molecular formula is C19H25N3O2. The van der Waals surface area contributed by atoms with Gasteiger partial charge in [-0.2, -0.15) is 0 Å². The van der Waals surface area contributed by atoms with E-state index in [1.165, 1.54) is 0 Å². The topological polar surface area (TPSA) is 54.5 Å². The van der Waals surface area contributed by atoms with E-state index in [1.807, 2.05) is 37.9 Å². The van der Waals surface area contributed by atoms with Gasteiger partial charge in [0.25, 0.3) is 0 Å². The van der Waals surface area contributed by atoms with Gasteiger partial charge in [-0.1, -0.05) is 6.07 Å². The van der Waals surface area contributed by atoms with Crippen molar-refractivity contribution in [1.82, 2.24) is 9.88 Å². The predicted molar refractivity (Wildman–Crippen MR) is 96.2 cm³/mol. The number of pyridine rings is 1. The number of nitrogens with zero attached hydrogens (tertiary/aromatic N) is 2. The second-order valence-corrected chi connectivity index (χ2v) is 7.29. The van der Waals surface area contributed by atoms with Crippen molar-refractivity contribution >= 4 is 22.6 Å². The SMILES string of the molecule is CC(C)(C)OC(=O)N1CCCC1CNc1ccc2cnccc2c1. The van der Waals surface area contributed by atoms with Crippen LogP contribution in [0.25, 0.3) is 10.8 Å². The molecule has 1 aliphatic heterocycles. The summed E-state index contributed by atoms with van der Waals surface area (Å²) in [5.41, 5.74) is 0.606. The highest BCUT2D eigenvalue weighted by Gasteiger charge is 2.31. The molecule has 0 aliphatic carbocycles. The fourth-order valence-corrected chi connectivity index (χ4v) is 3.04. The smallest absolute Gasteiger partial charge is 0.410 e. The first-order valence-electron chi connectivity index (χ1n) is 8.50. The van der Waals surface area contributed by atoms with Crippen molar-refractivity contribution in [1.29, 1.82) is 0 Å². The van der Waals surface area contributed by atoms with Crippen LogP contribution < -0.4 is 5.32 Å². The minimum atomic E-state index is -0.454. The van der Waals surface area contributed by atoms with Crippen LogP contribution in [0, 0.1) is 0 Å². The van der Waals surface area contributed by atoms with E-state index in [9.17, 15) is 4.79 Å². The van der Waals surface area contributed by atoms with Gasteiger partial charge in [0.2, 0.25) is 0 Å². The van der Waals surface area contributed by atoms with Crippen LogP contribution >= 0.6 is 0 Å². The summed E-state index contributed by atoms with van der Waals surface area (Å²) >= 11 is 0. The number of aromatic nitrogens is 1. The van der Waals surface area contributed by atoms with Gasteiger partial charge in [0.1, 0.15) is 5.60 Å². The number of likely N-dealkylation sites (tertiary alicyclic amines) is 1. The molecule has 1 saturated heterocycles. The average Bonchev–Trinajstić information content (AvgIpc) is 3.00. The molecule has 1 amide bonds. The molecule has 1 unspecified atom stereocenters. The fraction of sp³-hybridized carbons (Fsp3) is 0.474. The molecule has 0 spiro atoms. The second kappa shape index (κ2) is 6.67. The van der Waals surface area contributed by atoms with Crippen LogP contribution in [0.15, 0.2) is 36.7 Å². The number of nitrogens with one attached hydrogen (secondary N) is 1. The zero-order valence-corrected chi connectivity index (χ0v) is 14.6. The van der Waals surface area contributed by atoms with Crippen LogP contribution in [0.5, 0.6) is 0 Å². The van der Waals surface area contributed by atoms with E-state index in [-0.39, 0.29) is 12.1 Å². The predicted octanol–water partition coefficient (Wildman–Crippen LogP) is 4.05. The Kier molecular flexibility index (Phi) is 4.60. The van der Waals surface area contributed by atoms with E-state index < -0.39 is 5.60 Å². The lowest BCUT2D eigenvalue weighted by atomic mass is 10.1. The lowest BCUT2D eigenvalue weighted by Gasteiger charge is -2.29. The highest BCUT2D eigenvalue weighted by atomic mass is 16.6. The third kappa shape index (κ3) is 3.96. The van der Waals surface area contributed by atoms with Crippen LogP contribution in [-0.4, -0.2) is 40.7 Å². The Morgan fingerprint density at radius 2 is 2.17 bits per heavy atom. The maximum atomic E-state index is 12.3. The van der Waals surface area contributed by atoms with E-state index in [0.29, 0.717) is 0 Å². The lowest BCUT2D eigenvalue weighted by molar-refractivity contribution is 0.0235. The number of fused-ring (bicyclic) bond motifs is 1. The monoisotopic (exact) mass is 327 g/mol. The number of amides is 1. The summed E-state index contributed by atoms with van der Waals surface area (Å²) in [5.74, 6) is 0. The maximum absolute atomic E-state index is 12.3. The Bertz CT molecular complexity index is 724. The van der Waals surface area contributed by atoms with Gasteiger partial charge in [-0.25, -0.2) is 4.79 Å². The van der Waals surface area contributed by atoms with Gasteiger partial charge in [0.15, 0.2) is 0 Å². The molecule has 3 rings (SSSR count). The van der Waals surface area contributed by atoms with Crippen molar-refractivity contribution in [2.45, 2.75) is 45.3 Å². The van der Waals surface area contributed by atoms with Crippen LogP contribution in [0.2, 0.25) is 0 Å². The van der Waals surface area contributed by atoms with Gasteiger partial charge in [0.05, 0.1) is 6.04 Å². The van der Waals surface area contributed by atoms with Gasteiger partial charge in [-0.3, -0.25) is 4.98 Å². The zero-order chi connectivity index (χ0) is 17.2. The van der Waals surface area contributed by atoms with Crippen molar-refractivity contribution in [3.63, 3.8) is 0 Å². The van der Waals surface area contributed by atoms with E-state index >= 15 is 0 Å². The summed E-state index contributed by atoms with van der Waals surface area (Å²) < 4.78 is 5.51. The first kappa shape index (κ1) is 16.6. The molecule has 5 heteroatoms.